The van der Waals surface area contributed by atoms with Crippen molar-refractivity contribution < 1.29 is 12.6 Å². The van der Waals surface area contributed by atoms with Gasteiger partial charge in [-0.3, -0.25) is 0 Å². The molecule has 0 aliphatic rings. The van der Waals surface area contributed by atoms with E-state index in [4.69, 9.17) is 12.6 Å². The average molecular weight is 220 g/mol. The molecule has 0 aromatic carbocycles. The molecular weight excluding hydrogens is 210 g/mol. The highest BCUT2D eigenvalue weighted by Crippen LogP contribution is 2.22. The number of rotatable bonds is 2. The minimum atomic E-state index is -2.37. The Morgan fingerprint density at radius 1 is 1.91 bits per heavy atom. The van der Waals surface area contributed by atoms with Gasteiger partial charge in [0.25, 0.3) is 0 Å². The van der Waals surface area contributed by atoms with Gasteiger partial charge in [-0.2, -0.15) is 0 Å². The molecule has 4 heteroatoms. The fraction of sp³-hybridized carbons (Fsp3) is 0.286. The normalized spacial score (nSPS) is 13.7. The Bertz CT molecular complexity index is 314. The molecule has 11 heavy (non-hydrogen) atoms. The molecule has 1 rings (SSSR count). The van der Waals surface area contributed by atoms with Gasteiger partial charge in [0.15, 0.2) is 0 Å². The number of methoxy groups -OCH3 is 1. The minimum Gasteiger partial charge on any atom is -0.480 e. The van der Waals surface area contributed by atoms with Gasteiger partial charge in [-0.05, 0) is 27.6 Å². The van der Waals surface area contributed by atoms with Gasteiger partial charge in [0.05, 0.1) is 20.9 Å². The molecule has 0 aliphatic heterocycles. The Kier molecular flexibility index (Phi) is 2.00. The highest BCUT2D eigenvalue weighted by molar-refractivity contribution is 9.10. The largest absolute Gasteiger partial charge is 0.480 e. The molecule has 0 radical (unpaired) electrons. The van der Waals surface area contributed by atoms with Crippen LogP contribution in [0.3, 0.4) is 0 Å². The first-order valence-corrected chi connectivity index (χ1v) is 3.67. The maximum atomic E-state index is 9.01. The number of halogens is 1. The fourth-order valence-electron chi connectivity index (χ4n) is 0.637. The molecule has 0 fully saturated rings. The van der Waals surface area contributed by atoms with Crippen molar-refractivity contribution in [1.29, 1.82) is 0 Å². The molecule has 1 heterocycles. The van der Waals surface area contributed by atoms with E-state index >= 15 is 0 Å². The molecule has 0 bridgehead atoms. The quantitative estimate of drug-likeness (QED) is 0.817. The number of aliphatic hydroxyl groups is 1. The SMILES string of the molecule is [2H]C([2H])(O)c1cnc(OC)c(Br)c1. The van der Waals surface area contributed by atoms with Crippen molar-refractivity contribution >= 4 is 15.9 Å². The summed E-state index contributed by atoms with van der Waals surface area (Å²) in [6.07, 6.45) is 1.23. The highest BCUT2D eigenvalue weighted by Gasteiger charge is 2.00. The van der Waals surface area contributed by atoms with Gasteiger partial charge in [0.1, 0.15) is 0 Å². The van der Waals surface area contributed by atoms with Crippen LogP contribution in [0.1, 0.15) is 8.30 Å². The number of nitrogens with zero attached hydrogens (tertiary/aromatic N) is 1. The molecule has 1 aromatic rings. The van der Waals surface area contributed by atoms with E-state index in [1.807, 2.05) is 0 Å². The van der Waals surface area contributed by atoms with Crippen LogP contribution in [-0.4, -0.2) is 17.2 Å². The number of ether oxygens (including phenoxy) is 1. The van der Waals surface area contributed by atoms with Crippen molar-refractivity contribution in [2.24, 2.45) is 0 Å². The van der Waals surface area contributed by atoms with Gasteiger partial charge in [0, 0.05) is 6.20 Å². The zero-order chi connectivity index (χ0) is 10.1. The highest BCUT2D eigenvalue weighted by atomic mass is 79.9. The van der Waals surface area contributed by atoms with E-state index in [0.29, 0.717) is 10.4 Å². The summed E-state index contributed by atoms with van der Waals surface area (Å²) in [5.74, 6) is 0.355. The Balaban J connectivity index is 3.10. The van der Waals surface area contributed by atoms with E-state index in [2.05, 4.69) is 20.9 Å². The fourth-order valence-corrected chi connectivity index (χ4v) is 1.15. The van der Waals surface area contributed by atoms with Crippen LogP contribution in [0.5, 0.6) is 5.88 Å². The lowest BCUT2D eigenvalue weighted by Gasteiger charge is -2.02. The smallest absolute Gasteiger partial charge is 0.227 e. The predicted octanol–water partition coefficient (Wildman–Crippen LogP) is 1.34. The first-order chi connectivity index (χ1) is 5.95. The summed E-state index contributed by atoms with van der Waals surface area (Å²) < 4.78 is 19.4. The van der Waals surface area contributed by atoms with E-state index in [-0.39, 0.29) is 5.56 Å². The first kappa shape index (κ1) is 5.97. The molecule has 0 unspecified atom stereocenters. The zero-order valence-corrected chi connectivity index (χ0v) is 7.42. The van der Waals surface area contributed by atoms with Crippen LogP contribution in [0.2, 0.25) is 0 Å². The molecule has 0 saturated heterocycles. The number of hydrogen-bond acceptors (Lipinski definition) is 3. The van der Waals surface area contributed by atoms with E-state index in [1.165, 1.54) is 19.4 Å². The Morgan fingerprint density at radius 2 is 2.64 bits per heavy atom. The van der Waals surface area contributed by atoms with Crippen LogP contribution in [0.15, 0.2) is 16.7 Å². The van der Waals surface area contributed by atoms with Crippen molar-refractivity contribution in [1.82, 2.24) is 4.98 Å². The lowest BCUT2D eigenvalue weighted by atomic mass is 10.3. The number of aromatic nitrogens is 1. The summed E-state index contributed by atoms with van der Waals surface area (Å²) in [5, 5.41) is 9.01. The first-order valence-electron chi connectivity index (χ1n) is 3.87. The lowest BCUT2D eigenvalue weighted by Crippen LogP contribution is -1.91. The van der Waals surface area contributed by atoms with Crippen LogP contribution >= 0.6 is 15.9 Å². The molecule has 0 saturated carbocycles. The topological polar surface area (TPSA) is 42.4 Å². The van der Waals surface area contributed by atoms with Crippen LogP contribution in [0.4, 0.5) is 0 Å². The zero-order valence-electron chi connectivity index (χ0n) is 7.84. The Labute approximate surface area is 76.0 Å². The summed E-state index contributed by atoms with van der Waals surface area (Å²) in [6.45, 7) is -2.37. The van der Waals surface area contributed by atoms with Crippen LogP contribution in [0, 0.1) is 0 Å². The minimum absolute atomic E-state index is 0.0835. The Morgan fingerprint density at radius 3 is 3.09 bits per heavy atom. The lowest BCUT2D eigenvalue weighted by molar-refractivity contribution is 0.280. The van der Waals surface area contributed by atoms with Crippen LogP contribution < -0.4 is 4.74 Å². The molecule has 0 amide bonds. The van der Waals surface area contributed by atoms with Crippen molar-refractivity contribution in [3.63, 3.8) is 0 Å². The van der Waals surface area contributed by atoms with E-state index < -0.39 is 6.56 Å². The van der Waals surface area contributed by atoms with E-state index in [9.17, 15) is 0 Å². The molecule has 60 valence electrons. The van der Waals surface area contributed by atoms with Crippen LogP contribution in [-0.2, 0) is 6.56 Å². The number of hydrogen-bond donors (Lipinski definition) is 1. The monoisotopic (exact) mass is 219 g/mol. The van der Waals surface area contributed by atoms with Crippen LogP contribution in [0.25, 0.3) is 0 Å². The molecule has 0 aliphatic carbocycles. The van der Waals surface area contributed by atoms with E-state index in [0.717, 1.165) is 0 Å². The van der Waals surface area contributed by atoms with Crippen molar-refractivity contribution in [3.8, 4) is 5.88 Å². The Hall–Kier alpha value is -0.610. The summed E-state index contributed by atoms with van der Waals surface area (Å²) in [5.41, 5.74) is 0.0835. The second-order valence-corrected chi connectivity index (χ2v) is 2.68. The second-order valence-electron chi connectivity index (χ2n) is 1.83. The third kappa shape index (κ3) is 1.91. The van der Waals surface area contributed by atoms with E-state index in [1.54, 1.807) is 0 Å². The predicted molar refractivity (Wildman–Crippen MR) is 44.4 cm³/mol. The van der Waals surface area contributed by atoms with Crippen molar-refractivity contribution in [3.05, 3.63) is 22.3 Å². The third-order valence-electron chi connectivity index (χ3n) is 1.13. The summed E-state index contributed by atoms with van der Waals surface area (Å²) >= 11 is 3.13. The summed E-state index contributed by atoms with van der Waals surface area (Å²) in [7, 11) is 1.46. The van der Waals surface area contributed by atoms with Gasteiger partial charge in [-0.15, -0.1) is 0 Å². The second kappa shape index (κ2) is 3.69. The van der Waals surface area contributed by atoms with Gasteiger partial charge in [-0.1, -0.05) is 0 Å². The molecule has 0 spiro atoms. The molecule has 0 atom stereocenters. The van der Waals surface area contributed by atoms with Crippen molar-refractivity contribution in [2.45, 2.75) is 6.56 Å². The third-order valence-corrected chi connectivity index (χ3v) is 1.70. The summed E-state index contributed by atoms with van der Waals surface area (Å²) in [6, 6.07) is 1.42. The molecule has 1 aromatic heterocycles. The maximum Gasteiger partial charge on any atom is 0.227 e. The van der Waals surface area contributed by atoms with Gasteiger partial charge < -0.3 is 9.84 Å². The van der Waals surface area contributed by atoms with Crippen molar-refractivity contribution in [2.75, 3.05) is 7.11 Å². The van der Waals surface area contributed by atoms with Gasteiger partial charge in [0.2, 0.25) is 5.88 Å². The standard InChI is InChI=1S/C7H8BrNO2/c1-11-7-6(8)2-5(4-10)3-9-7/h2-3,10H,4H2,1H3/i4D2. The number of pyridine rings is 1. The molecule has 1 N–H and O–H groups in total. The molecular formula is C7H8BrNO2. The molecule has 3 nitrogen and oxygen atoms in total. The maximum absolute atomic E-state index is 9.01. The van der Waals surface area contributed by atoms with Gasteiger partial charge >= 0.3 is 0 Å². The van der Waals surface area contributed by atoms with Gasteiger partial charge in [-0.25, -0.2) is 4.98 Å². The summed E-state index contributed by atoms with van der Waals surface area (Å²) in [4.78, 5) is 3.79. The average Bonchev–Trinajstić information content (AvgIpc) is 2.02.